The van der Waals surface area contributed by atoms with E-state index in [-0.39, 0.29) is 24.5 Å². The number of hydrogen-bond acceptors (Lipinski definition) is 3. The fourth-order valence-electron chi connectivity index (χ4n) is 2.74. The van der Waals surface area contributed by atoms with Gasteiger partial charge in [0.05, 0.1) is 11.1 Å². The third-order valence-corrected chi connectivity index (χ3v) is 4.88. The van der Waals surface area contributed by atoms with E-state index in [0.29, 0.717) is 11.3 Å². The molecule has 0 fully saturated rings. The van der Waals surface area contributed by atoms with E-state index in [4.69, 9.17) is 4.74 Å². The minimum Gasteiger partial charge on any atom is -0.483 e. The van der Waals surface area contributed by atoms with Crippen LogP contribution in [0.5, 0.6) is 5.75 Å². The Labute approximate surface area is 190 Å². The number of benzene rings is 3. The van der Waals surface area contributed by atoms with Gasteiger partial charge in [0.2, 0.25) is 0 Å². The maximum Gasteiger partial charge on any atom is 0.416 e. The Bertz CT molecular complexity index is 1080. The molecule has 3 aromatic rings. The summed E-state index contributed by atoms with van der Waals surface area (Å²) >= 11 is 3.31. The number of carbonyl (C=O) groups excluding carboxylic acids is 2. The summed E-state index contributed by atoms with van der Waals surface area (Å²) in [6.07, 6.45) is -4.41. The lowest BCUT2D eigenvalue weighted by Crippen LogP contribution is -2.25. The van der Waals surface area contributed by atoms with E-state index in [1.165, 1.54) is 18.2 Å². The molecule has 0 heterocycles. The van der Waals surface area contributed by atoms with Crippen molar-refractivity contribution in [2.24, 2.45) is 0 Å². The van der Waals surface area contributed by atoms with Crippen molar-refractivity contribution >= 4 is 33.4 Å². The van der Waals surface area contributed by atoms with Gasteiger partial charge in [-0.25, -0.2) is 0 Å². The Kier molecular flexibility index (Phi) is 7.53. The summed E-state index contributed by atoms with van der Waals surface area (Å²) in [4.78, 5) is 24.7. The van der Waals surface area contributed by atoms with E-state index < -0.39 is 23.6 Å². The van der Waals surface area contributed by atoms with E-state index in [1.54, 1.807) is 42.5 Å². The van der Waals surface area contributed by atoms with Crippen LogP contribution in [0.25, 0.3) is 0 Å². The molecule has 0 bridgehead atoms. The third-order valence-electron chi connectivity index (χ3n) is 4.35. The molecule has 3 rings (SSSR count). The second kappa shape index (κ2) is 10.3. The zero-order valence-corrected chi connectivity index (χ0v) is 18.2. The van der Waals surface area contributed by atoms with E-state index in [9.17, 15) is 22.8 Å². The van der Waals surface area contributed by atoms with Crippen LogP contribution in [0.1, 0.15) is 21.5 Å². The van der Waals surface area contributed by atoms with E-state index in [0.717, 1.165) is 16.6 Å². The first-order valence-electron chi connectivity index (χ1n) is 9.44. The topological polar surface area (TPSA) is 67.4 Å². The third kappa shape index (κ3) is 6.58. The summed E-state index contributed by atoms with van der Waals surface area (Å²) in [6.45, 7) is -0.269. The van der Waals surface area contributed by atoms with Crippen LogP contribution in [0.15, 0.2) is 77.3 Å². The van der Waals surface area contributed by atoms with Crippen LogP contribution in [-0.4, -0.2) is 18.4 Å². The summed E-state index contributed by atoms with van der Waals surface area (Å²) in [5, 5.41) is 5.33. The van der Waals surface area contributed by atoms with Crippen LogP contribution in [0, 0.1) is 0 Å². The number of halogens is 4. The van der Waals surface area contributed by atoms with Crippen LogP contribution >= 0.6 is 15.9 Å². The number of para-hydroxylation sites is 1. The van der Waals surface area contributed by atoms with Crippen LogP contribution < -0.4 is 15.4 Å². The van der Waals surface area contributed by atoms with Crippen molar-refractivity contribution in [2.75, 3.05) is 11.9 Å². The van der Waals surface area contributed by atoms with E-state index in [1.807, 2.05) is 0 Å². The molecular formula is C23H18BrF3N2O3. The molecule has 0 aliphatic heterocycles. The predicted octanol–water partition coefficient (Wildman–Crippen LogP) is 5.42. The molecule has 2 N–H and O–H groups in total. The molecule has 0 spiro atoms. The molecule has 9 heteroatoms. The van der Waals surface area contributed by atoms with E-state index in [2.05, 4.69) is 26.6 Å². The van der Waals surface area contributed by atoms with Gasteiger partial charge in [-0.2, -0.15) is 13.2 Å². The predicted molar refractivity (Wildman–Crippen MR) is 117 cm³/mol. The Hall–Kier alpha value is -3.33. The molecule has 166 valence electrons. The fourth-order valence-corrected chi connectivity index (χ4v) is 3.01. The van der Waals surface area contributed by atoms with Gasteiger partial charge in [-0.1, -0.05) is 40.2 Å². The number of hydrogen-bond donors (Lipinski definition) is 2. The first kappa shape index (κ1) is 23.3. The molecule has 2 amide bonds. The van der Waals surface area contributed by atoms with Gasteiger partial charge in [0.25, 0.3) is 11.8 Å². The Balaban J connectivity index is 1.57. The molecule has 0 aliphatic rings. The molecule has 3 aromatic carbocycles. The monoisotopic (exact) mass is 506 g/mol. The molecule has 0 unspecified atom stereocenters. The molecule has 5 nitrogen and oxygen atoms in total. The van der Waals surface area contributed by atoms with Gasteiger partial charge in [0.15, 0.2) is 6.61 Å². The Morgan fingerprint density at radius 3 is 2.22 bits per heavy atom. The van der Waals surface area contributed by atoms with Gasteiger partial charge in [-0.15, -0.1) is 0 Å². The molecule has 0 saturated heterocycles. The zero-order valence-electron chi connectivity index (χ0n) is 16.6. The maximum absolute atomic E-state index is 12.7. The fraction of sp³-hybridized carbons (Fsp3) is 0.130. The zero-order chi connectivity index (χ0) is 23.1. The van der Waals surface area contributed by atoms with Gasteiger partial charge in [0.1, 0.15) is 5.75 Å². The largest absolute Gasteiger partial charge is 0.483 e. The van der Waals surface area contributed by atoms with Crippen LogP contribution in [-0.2, 0) is 17.5 Å². The Morgan fingerprint density at radius 2 is 1.56 bits per heavy atom. The summed E-state index contributed by atoms with van der Waals surface area (Å²) in [5.74, 6) is -0.663. The summed E-state index contributed by atoms with van der Waals surface area (Å²) in [5.41, 5.74) is 0.562. The van der Waals surface area contributed by atoms with Crippen molar-refractivity contribution < 1.29 is 27.5 Å². The number of rotatable bonds is 7. The number of alkyl halides is 3. The molecule has 0 radical (unpaired) electrons. The molecular weight excluding hydrogens is 489 g/mol. The summed E-state index contributed by atoms with van der Waals surface area (Å²) in [6, 6.07) is 17.9. The SMILES string of the molecule is O=C(COc1ccccc1C(=O)NCc1ccc(C(F)(F)F)cc1)Nc1ccc(Br)cc1. The average molecular weight is 507 g/mol. The molecule has 0 saturated carbocycles. The quantitative estimate of drug-likeness (QED) is 0.449. The first-order chi connectivity index (χ1) is 15.2. The second-order valence-corrected chi connectivity index (χ2v) is 7.63. The maximum atomic E-state index is 12.7. The number of ether oxygens (including phenoxy) is 1. The lowest BCUT2D eigenvalue weighted by molar-refractivity contribution is -0.137. The number of carbonyl (C=O) groups is 2. The van der Waals surface area contributed by atoms with Gasteiger partial charge in [-0.3, -0.25) is 9.59 Å². The van der Waals surface area contributed by atoms with Gasteiger partial charge < -0.3 is 15.4 Å². The highest BCUT2D eigenvalue weighted by atomic mass is 79.9. The summed E-state index contributed by atoms with van der Waals surface area (Å²) in [7, 11) is 0. The molecule has 0 atom stereocenters. The van der Waals surface area contributed by atoms with Crippen molar-refractivity contribution in [3.8, 4) is 5.75 Å². The number of anilines is 1. The number of amides is 2. The minimum atomic E-state index is -4.41. The second-order valence-electron chi connectivity index (χ2n) is 6.72. The molecule has 0 aliphatic carbocycles. The Morgan fingerprint density at radius 1 is 0.906 bits per heavy atom. The molecule has 0 aromatic heterocycles. The van der Waals surface area contributed by atoms with Gasteiger partial charge in [0, 0.05) is 16.7 Å². The standard InChI is InChI=1S/C23H18BrF3N2O3/c24-17-9-11-18(12-10-17)29-21(30)14-32-20-4-2-1-3-19(20)22(31)28-13-15-5-7-16(8-6-15)23(25,26)27/h1-12H,13-14H2,(H,28,31)(H,29,30). The number of nitrogens with one attached hydrogen (secondary N) is 2. The highest BCUT2D eigenvalue weighted by Crippen LogP contribution is 2.29. The van der Waals surface area contributed by atoms with Crippen molar-refractivity contribution in [3.05, 3.63) is 94.0 Å². The lowest BCUT2D eigenvalue weighted by atomic mass is 10.1. The van der Waals surface area contributed by atoms with Gasteiger partial charge in [-0.05, 0) is 54.1 Å². The molecule has 32 heavy (non-hydrogen) atoms. The summed E-state index contributed by atoms with van der Waals surface area (Å²) < 4.78 is 44.4. The van der Waals surface area contributed by atoms with E-state index >= 15 is 0 Å². The van der Waals surface area contributed by atoms with Crippen molar-refractivity contribution in [1.82, 2.24) is 5.32 Å². The van der Waals surface area contributed by atoms with Crippen LogP contribution in [0.3, 0.4) is 0 Å². The van der Waals surface area contributed by atoms with Crippen molar-refractivity contribution in [2.45, 2.75) is 12.7 Å². The average Bonchev–Trinajstić information content (AvgIpc) is 2.77. The van der Waals surface area contributed by atoms with Crippen LogP contribution in [0.4, 0.5) is 18.9 Å². The lowest BCUT2D eigenvalue weighted by Gasteiger charge is -2.12. The van der Waals surface area contributed by atoms with Crippen molar-refractivity contribution in [3.63, 3.8) is 0 Å². The first-order valence-corrected chi connectivity index (χ1v) is 10.2. The van der Waals surface area contributed by atoms with Crippen LogP contribution in [0.2, 0.25) is 0 Å². The highest BCUT2D eigenvalue weighted by Gasteiger charge is 2.29. The smallest absolute Gasteiger partial charge is 0.416 e. The van der Waals surface area contributed by atoms with Gasteiger partial charge >= 0.3 is 6.18 Å². The normalized spacial score (nSPS) is 11.0. The minimum absolute atomic E-state index is 0.0371. The highest BCUT2D eigenvalue weighted by molar-refractivity contribution is 9.10. The van der Waals surface area contributed by atoms with Crippen molar-refractivity contribution in [1.29, 1.82) is 0 Å².